The van der Waals surface area contributed by atoms with Crippen molar-refractivity contribution >= 4 is 29.4 Å². The molecule has 2 rings (SSSR count). The summed E-state index contributed by atoms with van der Waals surface area (Å²) < 4.78 is 10.1. The summed E-state index contributed by atoms with van der Waals surface area (Å²) >= 11 is 5.91. The number of benzene rings is 1. The van der Waals surface area contributed by atoms with E-state index in [2.05, 4.69) is 10.6 Å². The van der Waals surface area contributed by atoms with E-state index in [1.54, 1.807) is 26.0 Å². The topological polar surface area (TPSA) is 97.6 Å². The Balaban J connectivity index is 1.76. The Bertz CT molecular complexity index is 805. The Hall–Kier alpha value is -2.80. The zero-order chi connectivity index (χ0) is 20.5. The Labute approximate surface area is 168 Å². The molecular weight excluding hydrogens is 384 g/mol. The Kier molecular flexibility index (Phi) is 8.07. The molecule has 150 valence electrons. The van der Waals surface area contributed by atoms with Crippen LogP contribution in [0.25, 0.3) is 0 Å². The van der Waals surface area contributed by atoms with Gasteiger partial charge < -0.3 is 19.8 Å². The summed E-state index contributed by atoms with van der Waals surface area (Å²) in [4.78, 5) is 36.2. The van der Waals surface area contributed by atoms with Crippen molar-refractivity contribution in [2.24, 2.45) is 5.92 Å². The quantitative estimate of drug-likeness (QED) is 0.624. The van der Waals surface area contributed by atoms with Gasteiger partial charge in [-0.15, -0.1) is 0 Å². The molecule has 0 fully saturated rings. The average Bonchev–Trinajstić information content (AvgIpc) is 3.18. The zero-order valence-electron chi connectivity index (χ0n) is 15.7. The van der Waals surface area contributed by atoms with E-state index in [0.717, 1.165) is 5.56 Å². The lowest BCUT2D eigenvalue weighted by Crippen LogP contribution is -2.46. The van der Waals surface area contributed by atoms with Crippen LogP contribution in [0.15, 0.2) is 47.1 Å². The lowest BCUT2D eigenvalue weighted by atomic mass is 10.0. The number of carbonyl (C=O) groups is 3. The highest BCUT2D eigenvalue weighted by Crippen LogP contribution is 2.10. The smallest absolute Gasteiger partial charge is 0.329 e. The Morgan fingerprint density at radius 1 is 1.18 bits per heavy atom. The van der Waals surface area contributed by atoms with Gasteiger partial charge in [0.25, 0.3) is 11.8 Å². The molecule has 0 saturated heterocycles. The van der Waals surface area contributed by atoms with Crippen LogP contribution in [0.1, 0.15) is 30.0 Å². The van der Waals surface area contributed by atoms with Crippen LogP contribution in [0.4, 0.5) is 0 Å². The third-order valence-electron chi connectivity index (χ3n) is 3.92. The Morgan fingerprint density at radius 3 is 2.61 bits per heavy atom. The molecule has 0 aliphatic rings. The molecule has 0 bridgehead atoms. The summed E-state index contributed by atoms with van der Waals surface area (Å²) in [6, 6.07) is 9.52. The SMILES string of the molecule is CC(C)[C@H](NC(=O)c1ccco1)C(=O)OCC(=O)NCCc1cccc(Cl)c1. The normalized spacial score (nSPS) is 11.7. The fourth-order valence-electron chi connectivity index (χ4n) is 2.43. The number of hydrogen-bond acceptors (Lipinski definition) is 5. The molecule has 8 heteroatoms. The van der Waals surface area contributed by atoms with E-state index >= 15 is 0 Å². The van der Waals surface area contributed by atoms with Gasteiger partial charge in [0.1, 0.15) is 6.04 Å². The van der Waals surface area contributed by atoms with Crippen LogP contribution in [0.3, 0.4) is 0 Å². The molecular formula is C20H23ClN2O5. The van der Waals surface area contributed by atoms with Crippen molar-refractivity contribution in [2.45, 2.75) is 26.3 Å². The van der Waals surface area contributed by atoms with Crippen LogP contribution in [0, 0.1) is 5.92 Å². The van der Waals surface area contributed by atoms with E-state index in [1.807, 2.05) is 18.2 Å². The maximum atomic E-state index is 12.3. The first kappa shape index (κ1) is 21.5. The maximum Gasteiger partial charge on any atom is 0.329 e. The van der Waals surface area contributed by atoms with Crippen LogP contribution in [-0.4, -0.2) is 37.0 Å². The molecule has 0 aliphatic heterocycles. The van der Waals surface area contributed by atoms with E-state index in [9.17, 15) is 14.4 Å². The van der Waals surface area contributed by atoms with Gasteiger partial charge in [0.15, 0.2) is 12.4 Å². The first-order valence-corrected chi connectivity index (χ1v) is 9.26. The summed E-state index contributed by atoms with van der Waals surface area (Å²) in [6.07, 6.45) is 1.97. The minimum atomic E-state index is -0.892. The molecule has 2 amide bonds. The maximum absolute atomic E-state index is 12.3. The first-order valence-electron chi connectivity index (χ1n) is 8.89. The van der Waals surface area contributed by atoms with Gasteiger partial charge in [-0.1, -0.05) is 37.6 Å². The predicted molar refractivity (Wildman–Crippen MR) is 104 cm³/mol. The molecule has 28 heavy (non-hydrogen) atoms. The van der Waals surface area contributed by atoms with E-state index in [0.29, 0.717) is 18.0 Å². The number of hydrogen-bond donors (Lipinski definition) is 2. The second kappa shape index (κ2) is 10.5. The lowest BCUT2D eigenvalue weighted by molar-refractivity contribution is -0.151. The lowest BCUT2D eigenvalue weighted by Gasteiger charge is -2.20. The number of ether oxygens (including phenoxy) is 1. The van der Waals surface area contributed by atoms with Crippen molar-refractivity contribution in [2.75, 3.05) is 13.2 Å². The number of carbonyl (C=O) groups excluding carboxylic acids is 3. The second-order valence-electron chi connectivity index (χ2n) is 6.51. The Morgan fingerprint density at radius 2 is 1.96 bits per heavy atom. The largest absolute Gasteiger partial charge is 0.459 e. The molecule has 0 saturated carbocycles. The van der Waals surface area contributed by atoms with Gasteiger partial charge in [-0.3, -0.25) is 9.59 Å². The number of amides is 2. The van der Waals surface area contributed by atoms with Crippen molar-refractivity contribution in [3.63, 3.8) is 0 Å². The highest BCUT2D eigenvalue weighted by molar-refractivity contribution is 6.30. The van der Waals surface area contributed by atoms with Crippen LogP contribution in [-0.2, 0) is 20.7 Å². The number of esters is 1. The van der Waals surface area contributed by atoms with Gasteiger partial charge >= 0.3 is 5.97 Å². The molecule has 1 heterocycles. The summed E-state index contributed by atoms with van der Waals surface area (Å²) in [5.74, 6) is -1.75. The standard InChI is InChI=1S/C20H23ClN2O5/c1-13(2)18(23-19(25)16-7-4-10-27-16)20(26)28-12-17(24)22-9-8-14-5-3-6-15(21)11-14/h3-7,10-11,13,18H,8-9,12H2,1-2H3,(H,22,24)(H,23,25)/t18-/m0/s1. The fourth-order valence-corrected chi connectivity index (χ4v) is 2.65. The molecule has 1 aromatic heterocycles. The van der Waals surface area contributed by atoms with Crippen LogP contribution in [0.5, 0.6) is 0 Å². The highest BCUT2D eigenvalue weighted by Gasteiger charge is 2.27. The molecule has 2 N–H and O–H groups in total. The van der Waals surface area contributed by atoms with E-state index in [-0.39, 0.29) is 11.7 Å². The van der Waals surface area contributed by atoms with E-state index in [4.69, 9.17) is 20.8 Å². The predicted octanol–water partition coefficient (Wildman–Crippen LogP) is 2.59. The minimum Gasteiger partial charge on any atom is -0.459 e. The van der Waals surface area contributed by atoms with Crippen molar-refractivity contribution < 1.29 is 23.5 Å². The number of rotatable bonds is 9. The summed E-state index contributed by atoms with van der Waals surface area (Å²) in [5, 5.41) is 5.87. The molecule has 1 aromatic carbocycles. The monoisotopic (exact) mass is 406 g/mol. The van der Waals surface area contributed by atoms with Gasteiger partial charge in [-0.25, -0.2) is 4.79 Å². The molecule has 0 unspecified atom stereocenters. The third-order valence-corrected chi connectivity index (χ3v) is 4.16. The molecule has 7 nitrogen and oxygen atoms in total. The highest BCUT2D eigenvalue weighted by atomic mass is 35.5. The van der Waals surface area contributed by atoms with E-state index < -0.39 is 30.4 Å². The number of nitrogens with one attached hydrogen (secondary N) is 2. The summed E-state index contributed by atoms with van der Waals surface area (Å²) in [6.45, 7) is 3.49. The van der Waals surface area contributed by atoms with Crippen LogP contribution in [0.2, 0.25) is 5.02 Å². The minimum absolute atomic E-state index is 0.0946. The second-order valence-corrected chi connectivity index (χ2v) is 6.95. The van der Waals surface area contributed by atoms with Crippen molar-refractivity contribution in [3.05, 3.63) is 59.0 Å². The van der Waals surface area contributed by atoms with E-state index in [1.165, 1.54) is 12.3 Å². The summed E-state index contributed by atoms with van der Waals surface area (Å²) in [5.41, 5.74) is 0.991. The van der Waals surface area contributed by atoms with Crippen LogP contribution < -0.4 is 10.6 Å². The summed E-state index contributed by atoms with van der Waals surface area (Å²) in [7, 11) is 0. The molecule has 2 aromatic rings. The molecule has 0 spiro atoms. The van der Waals surface area contributed by atoms with Crippen molar-refractivity contribution in [1.82, 2.24) is 10.6 Å². The number of furan rings is 1. The molecule has 0 radical (unpaired) electrons. The van der Waals surface area contributed by atoms with Crippen molar-refractivity contribution in [3.8, 4) is 0 Å². The molecule has 0 aliphatic carbocycles. The van der Waals surface area contributed by atoms with Gasteiger partial charge in [-0.05, 0) is 42.2 Å². The third kappa shape index (κ3) is 6.74. The van der Waals surface area contributed by atoms with Gasteiger partial charge in [0, 0.05) is 11.6 Å². The van der Waals surface area contributed by atoms with Crippen LogP contribution >= 0.6 is 11.6 Å². The molecule has 1 atom stereocenters. The average molecular weight is 407 g/mol. The zero-order valence-corrected chi connectivity index (χ0v) is 16.5. The van der Waals surface area contributed by atoms with Crippen molar-refractivity contribution in [1.29, 1.82) is 0 Å². The number of halogens is 1. The van der Waals surface area contributed by atoms with Gasteiger partial charge in [0.05, 0.1) is 6.26 Å². The van der Waals surface area contributed by atoms with Gasteiger partial charge in [-0.2, -0.15) is 0 Å². The first-order chi connectivity index (χ1) is 13.4. The van der Waals surface area contributed by atoms with Gasteiger partial charge in [0.2, 0.25) is 0 Å². The fraction of sp³-hybridized carbons (Fsp3) is 0.350.